The lowest BCUT2D eigenvalue weighted by Crippen LogP contribution is -2.42. The molecule has 1 fully saturated rings. The standard InChI is InChI=1S/C17H31N3O/c1-4-21-17(13(2)3)16(18)12-14-10-11-20(19-14)15-8-6-5-7-9-15/h10-11,13,15-17H,4-9,12,18H2,1-3H3. The molecule has 2 atom stereocenters. The SMILES string of the molecule is CCOC(C(C)C)C(N)Cc1ccn(C2CCCCC2)n1. The maximum absolute atomic E-state index is 6.35. The topological polar surface area (TPSA) is 53.1 Å². The van der Waals surface area contributed by atoms with Crippen LogP contribution in [-0.4, -0.2) is 28.5 Å². The maximum Gasteiger partial charge on any atom is 0.0752 e. The van der Waals surface area contributed by atoms with Crippen LogP contribution in [0.3, 0.4) is 0 Å². The molecule has 4 nitrogen and oxygen atoms in total. The van der Waals surface area contributed by atoms with Crippen molar-refractivity contribution in [1.29, 1.82) is 0 Å². The highest BCUT2D eigenvalue weighted by molar-refractivity contribution is 5.03. The van der Waals surface area contributed by atoms with E-state index in [4.69, 9.17) is 15.6 Å². The van der Waals surface area contributed by atoms with E-state index in [0.717, 1.165) is 12.1 Å². The normalized spacial score (nSPS) is 19.9. The van der Waals surface area contributed by atoms with Gasteiger partial charge in [0.25, 0.3) is 0 Å². The third-order valence-corrected chi connectivity index (χ3v) is 4.50. The molecule has 1 aromatic heterocycles. The van der Waals surface area contributed by atoms with Crippen LogP contribution in [0.2, 0.25) is 0 Å². The number of ether oxygens (including phenoxy) is 1. The number of aromatic nitrogens is 2. The molecule has 1 aliphatic carbocycles. The molecule has 2 unspecified atom stereocenters. The third kappa shape index (κ3) is 4.55. The van der Waals surface area contributed by atoms with Crippen molar-refractivity contribution in [3.8, 4) is 0 Å². The smallest absolute Gasteiger partial charge is 0.0752 e. The molecule has 2 N–H and O–H groups in total. The van der Waals surface area contributed by atoms with E-state index in [1.807, 2.05) is 6.92 Å². The largest absolute Gasteiger partial charge is 0.377 e. The van der Waals surface area contributed by atoms with Crippen LogP contribution in [0, 0.1) is 5.92 Å². The number of rotatable bonds is 7. The first-order chi connectivity index (χ1) is 10.1. The highest BCUT2D eigenvalue weighted by Crippen LogP contribution is 2.27. The predicted octanol–water partition coefficient (Wildman–Crippen LogP) is 3.32. The van der Waals surface area contributed by atoms with Crippen LogP contribution in [0.5, 0.6) is 0 Å². The summed E-state index contributed by atoms with van der Waals surface area (Å²) in [6.07, 6.45) is 9.60. The average Bonchev–Trinajstić information content (AvgIpc) is 2.93. The summed E-state index contributed by atoms with van der Waals surface area (Å²) in [6.45, 7) is 7.08. The monoisotopic (exact) mass is 293 g/mol. The molecule has 0 spiro atoms. The third-order valence-electron chi connectivity index (χ3n) is 4.50. The lowest BCUT2D eigenvalue weighted by molar-refractivity contribution is 0.0125. The molecule has 0 saturated heterocycles. The second kappa shape index (κ2) is 7.95. The Hall–Kier alpha value is -0.870. The van der Waals surface area contributed by atoms with Gasteiger partial charge < -0.3 is 10.5 Å². The summed E-state index contributed by atoms with van der Waals surface area (Å²) in [5.74, 6) is 0.431. The van der Waals surface area contributed by atoms with Crippen molar-refractivity contribution in [2.24, 2.45) is 11.7 Å². The lowest BCUT2D eigenvalue weighted by Gasteiger charge is -2.26. The second-order valence-electron chi connectivity index (χ2n) is 6.61. The fourth-order valence-electron chi connectivity index (χ4n) is 3.40. The Labute approximate surface area is 129 Å². The van der Waals surface area contributed by atoms with E-state index in [2.05, 4.69) is 30.8 Å². The van der Waals surface area contributed by atoms with Crippen molar-refractivity contribution in [1.82, 2.24) is 9.78 Å². The molecule has 4 heteroatoms. The zero-order chi connectivity index (χ0) is 15.2. The summed E-state index contributed by atoms with van der Waals surface area (Å²) in [5, 5.41) is 4.76. The number of hydrogen-bond donors (Lipinski definition) is 1. The molecule has 0 aliphatic heterocycles. The van der Waals surface area contributed by atoms with E-state index in [1.165, 1.54) is 32.1 Å². The van der Waals surface area contributed by atoms with Crippen molar-refractivity contribution in [2.75, 3.05) is 6.61 Å². The lowest BCUT2D eigenvalue weighted by atomic mass is 9.96. The van der Waals surface area contributed by atoms with Gasteiger partial charge in [0.2, 0.25) is 0 Å². The predicted molar refractivity (Wildman–Crippen MR) is 86.3 cm³/mol. The molecule has 1 aromatic rings. The summed E-state index contributed by atoms with van der Waals surface area (Å²) < 4.78 is 7.96. The Bertz CT molecular complexity index is 410. The van der Waals surface area contributed by atoms with Gasteiger partial charge in [0.1, 0.15) is 0 Å². The van der Waals surface area contributed by atoms with Crippen LogP contribution >= 0.6 is 0 Å². The number of hydrogen-bond acceptors (Lipinski definition) is 3. The summed E-state index contributed by atoms with van der Waals surface area (Å²) >= 11 is 0. The van der Waals surface area contributed by atoms with Gasteiger partial charge in [-0.05, 0) is 31.7 Å². The quantitative estimate of drug-likeness (QED) is 0.839. The van der Waals surface area contributed by atoms with Gasteiger partial charge in [0, 0.05) is 25.3 Å². The Morgan fingerprint density at radius 3 is 2.67 bits per heavy atom. The molecule has 1 saturated carbocycles. The fraction of sp³-hybridized carbons (Fsp3) is 0.824. The molecule has 21 heavy (non-hydrogen) atoms. The van der Waals surface area contributed by atoms with Crippen molar-refractivity contribution in [2.45, 2.75) is 77.5 Å². The highest BCUT2D eigenvalue weighted by atomic mass is 16.5. The first-order valence-electron chi connectivity index (χ1n) is 8.53. The second-order valence-corrected chi connectivity index (χ2v) is 6.61. The first-order valence-corrected chi connectivity index (χ1v) is 8.53. The average molecular weight is 293 g/mol. The number of nitrogens with two attached hydrogens (primary N) is 1. The van der Waals surface area contributed by atoms with E-state index in [1.54, 1.807) is 0 Å². The van der Waals surface area contributed by atoms with Gasteiger partial charge in [-0.3, -0.25) is 4.68 Å². The van der Waals surface area contributed by atoms with Gasteiger partial charge >= 0.3 is 0 Å². The summed E-state index contributed by atoms with van der Waals surface area (Å²) in [5.41, 5.74) is 7.45. The van der Waals surface area contributed by atoms with Gasteiger partial charge in [0.05, 0.1) is 17.8 Å². The molecular formula is C17H31N3O. The molecule has 0 bridgehead atoms. The number of nitrogens with zero attached hydrogens (tertiary/aromatic N) is 2. The van der Waals surface area contributed by atoms with Crippen LogP contribution < -0.4 is 5.73 Å². The molecule has 2 rings (SSSR count). The van der Waals surface area contributed by atoms with Crippen LogP contribution in [0.1, 0.15) is 64.6 Å². The first kappa shape index (κ1) is 16.5. The van der Waals surface area contributed by atoms with Crippen LogP contribution in [0.25, 0.3) is 0 Å². The molecule has 0 amide bonds. The molecule has 1 aliphatic rings. The Balaban J connectivity index is 1.94. The van der Waals surface area contributed by atoms with Crippen LogP contribution in [0.15, 0.2) is 12.3 Å². The van der Waals surface area contributed by atoms with E-state index < -0.39 is 0 Å². The van der Waals surface area contributed by atoms with Crippen LogP contribution in [-0.2, 0) is 11.2 Å². The van der Waals surface area contributed by atoms with Gasteiger partial charge in [-0.25, -0.2) is 0 Å². The molecule has 0 radical (unpaired) electrons. The van der Waals surface area contributed by atoms with E-state index >= 15 is 0 Å². The molecule has 0 aromatic carbocycles. The van der Waals surface area contributed by atoms with Gasteiger partial charge in [0.15, 0.2) is 0 Å². The molecular weight excluding hydrogens is 262 g/mol. The van der Waals surface area contributed by atoms with Crippen LogP contribution in [0.4, 0.5) is 0 Å². The minimum Gasteiger partial charge on any atom is -0.377 e. The zero-order valence-corrected chi connectivity index (χ0v) is 13.8. The van der Waals surface area contributed by atoms with Gasteiger partial charge in [-0.1, -0.05) is 33.1 Å². The molecule has 120 valence electrons. The van der Waals surface area contributed by atoms with Crippen molar-refractivity contribution >= 4 is 0 Å². The van der Waals surface area contributed by atoms with Crippen molar-refractivity contribution in [3.63, 3.8) is 0 Å². The van der Waals surface area contributed by atoms with Crippen molar-refractivity contribution < 1.29 is 4.74 Å². The maximum atomic E-state index is 6.35. The van der Waals surface area contributed by atoms with Gasteiger partial charge in [-0.15, -0.1) is 0 Å². The minimum absolute atomic E-state index is 0.0136. The summed E-state index contributed by atoms with van der Waals surface area (Å²) in [4.78, 5) is 0. The van der Waals surface area contributed by atoms with Gasteiger partial charge in [-0.2, -0.15) is 5.10 Å². The van der Waals surface area contributed by atoms with E-state index in [0.29, 0.717) is 18.6 Å². The Morgan fingerprint density at radius 1 is 1.33 bits per heavy atom. The van der Waals surface area contributed by atoms with Crippen molar-refractivity contribution in [3.05, 3.63) is 18.0 Å². The fourth-order valence-corrected chi connectivity index (χ4v) is 3.40. The Kier molecular flexibility index (Phi) is 6.24. The minimum atomic E-state index is 0.0136. The summed E-state index contributed by atoms with van der Waals surface area (Å²) in [6, 6.07) is 2.73. The van der Waals surface area contributed by atoms with E-state index in [-0.39, 0.29) is 12.1 Å². The Morgan fingerprint density at radius 2 is 2.05 bits per heavy atom. The zero-order valence-electron chi connectivity index (χ0n) is 13.8. The highest BCUT2D eigenvalue weighted by Gasteiger charge is 2.23. The van der Waals surface area contributed by atoms with E-state index in [9.17, 15) is 0 Å². The summed E-state index contributed by atoms with van der Waals surface area (Å²) in [7, 11) is 0. The molecule has 1 heterocycles.